The minimum absolute atomic E-state index is 0.0663. The number of nitrogens with zero attached hydrogens (tertiary/aromatic N) is 1. The number of hydrogen-bond donors (Lipinski definition) is 1. The van der Waals surface area contributed by atoms with Gasteiger partial charge in [-0.3, -0.25) is 9.59 Å². The molecule has 2 amide bonds. The van der Waals surface area contributed by atoms with Crippen LogP contribution in [0.3, 0.4) is 0 Å². The van der Waals surface area contributed by atoms with Gasteiger partial charge in [0.1, 0.15) is 0 Å². The molecular formula is C22H24N2O2. The van der Waals surface area contributed by atoms with Crippen molar-refractivity contribution in [3.8, 4) is 0 Å². The van der Waals surface area contributed by atoms with Gasteiger partial charge in [-0.2, -0.15) is 0 Å². The molecule has 0 radical (unpaired) electrons. The molecule has 1 fully saturated rings. The molecule has 2 aromatic carbocycles. The smallest absolute Gasteiger partial charge is 0.254 e. The summed E-state index contributed by atoms with van der Waals surface area (Å²) in [6, 6.07) is 15.5. The first kappa shape index (κ1) is 16.8. The fourth-order valence-corrected chi connectivity index (χ4v) is 4.00. The van der Waals surface area contributed by atoms with Crippen molar-refractivity contribution in [2.45, 2.75) is 38.6 Å². The molecule has 2 aliphatic rings. The number of nitrogens with one attached hydrogen (secondary N) is 1. The molecule has 1 aliphatic carbocycles. The Morgan fingerprint density at radius 1 is 0.962 bits per heavy atom. The molecule has 0 aromatic heterocycles. The highest BCUT2D eigenvalue weighted by molar-refractivity contribution is 5.94. The number of hydrogen-bond acceptors (Lipinski definition) is 2. The molecule has 4 rings (SSSR count). The van der Waals surface area contributed by atoms with Gasteiger partial charge in [-0.05, 0) is 54.7 Å². The van der Waals surface area contributed by atoms with Crippen LogP contribution in [-0.4, -0.2) is 23.3 Å². The average molecular weight is 348 g/mol. The Labute approximate surface area is 154 Å². The Morgan fingerprint density at radius 3 is 2.50 bits per heavy atom. The van der Waals surface area contributed by atoms with Gasteiger partial charge in [0, 0.05) is 30.3 Å². The van der Waals surface area contributed by atoms with E-state index in [2.05, 4.69) is 11.4 Å². The molecule has 4 heteroatoms. The molecule has 1 saturated carbocycles. The molecular weight excluding hydrogens is 324 g/mol. The second-order valence-corrected chi connectivity index (χ2v) is 7.30. The quantitative estimate of drug-likeness (QED) is 0.911. The van der Waals surface area contributed by atoms with E-state index in [1.807, 2.05) is 47.4 Å². The Bertz CT molecular complexity index is 810. The molecule has 0 atom stereocenters. The standard InChI is InChI=1S/C22H24N2O2/c25-21(17-6-4-5-7-17)23-20-11-10-16-12-13-24(15-19(16)14-20)22(26)18-8-2-1-3-9-18/h1-3,8-11,14,17H,4-7,12-13,15H2,(H,23,25). The van der Waals surface area contributed by atoms with Crippen LogP contribution in [0, 0.1) is 5.92 Å². The molecule has 2 aromatic rings. The number of benzene rings is 2. The summed E-state index contributed by atoms with van der Waals surface area (Å²) in [5.41, 5.74) is 3.96. The van der Waals surface area contributed by atoms with Gasteiger partial charge in [-0.25, -0.2) is 0 Å². The fourth-order valence-electron chi connectivity index (χ4n) is 4.00. The maximum atomic E-state index is 12.7. The van der Waals surface area contributed by atoms with Crippen molar-refractivity contribution in [3.63, 3.8) is 0 Å². The van der Waals surface area contributed by atoms with Crippen molar-refractivity contribution < 1.29 is 9.59 Å². The molecule has 1 heterocycles. The third-order valence-corrected chi connectivity index (χ3v) is 5.52. The lowest BCUT2D eigenvalue weighted by atomic mass is 9.98. The molecule has 4 nitrogen and oxygen atoms in total. The van der Waals surface area contributed by atoms with Crippen LogP contribution >= 0.6 is 0 Å². The lowest BCUT2D eigenvalue weighted by Gasteiger charge is -2.29. The van der Waals surface area contributed by atoms with Crippen molar-refractivity contribution >= 4 is 17.5 Å². The largest absolute Gasteiger partial charge is 0.334 e. The topological polar surface area (TPSA) is 49.4 Å². The second kappa shape index (κ2) is 7.32. The van der Waals surface area contributed by atoms with Gasteiger partial charge in [0.15, 0.2) is 0 Å². The number of anilines is 1. The zero-order valence-electron chi connectivity index (χ0n) is 14.9. The molecule has 0 saturated heterocycles. The van der Waals surface area contributed by atoms with Crippen LogP contribution in [-0.2, 0) is 17.8 Å². The van der Waals surface area contributed by atoms with Gasteiger partial charge in [0.25, 0.3) is 5.91 Å². The molecule has 0 bridgehead atoms. The van der Waals surface area contributed by atoms with E-state index in [0.717, 1.165) is 55.5 Å². The van der Waals surface area contributed by atoms with Gasteiger partial charge in [0.05, 0.1) is 0 Å². The highest BCUT2D eigenvalue weighted by Crippen LogP contribution is 2.28. The highest BCUT2D eigenvalue weighted by Gasteiger charge is 2.24. The summed E-state index contributed by atoms with van der Waals surface area (Å²) in [6.07, 6.45) is 5.15. The van der Waals surface area contributed by atoms with Crippen LogP contribution < -0.4 is 5.32 Å². The summed E-state index contributed by atoms with van der Waals surface area (Å²) in [4.78, 5) is 27.0. The van der Waals surface area contributed by atoms with Gasteiger partial charge in [-0.1, -0.05) is 37.1 Å². The lowest BCUT2D eigenvalue weighted by Crippen LogP contribution is -2.36. The van der Waals surface area contributed by atoms with E-state index >= 15 is 0 Å². The van der Waals surface area contributed by atoms with Crippen molar-refractivity contribution in [1.82, 2.24) is 4.90 Å². The number of carbonyl (C=O) groups is 2. The Kier molecular flexibility index (Phi) is 4.74. The third-order valence-electron chi connectivity index (χ3n) is 5.52. The zero-order valence-corrected chi connectivity index (χ0v) is 14.9. The maximum Gasteiger partial charge on any atom is 0.254 e. The monoisotopic (exact) mass is 348 g/mol. The minimum atomic E-state index is 0.0663. The van der Waals surface area contributed by atoms with E-state index in [-0.39, 0.29) is 17.7 Å². The predicted octanol–water partition coefficient (Wildman–Crippen LogP) is 4.01. The van der Waals surface area contributed by atoms with Gasteiger partial charge in [-0.15, -0.1) is 0 Å². The van der Waals surface area contributed by atoms with E-state index in [1.54, 1.807) is 0 Å². The predicted molar refractivity (Wildman–Crippen MR) is 102 cm³/mol. The normalized spacial score (nSPS) is 17.0. The van der Waals surface area contributed by atoms with Crippen LogP contribution in [0.25, 0.3) is 0 Å². The fraction of sp³-hybridized carbons (Fsp3) is 0.364. The molecule has 1 N–H and O–H groups in total. The van der Waals surface area contributed by atoms with Gasteiger partial charge >= 0.3 is 0 Å². The number of rotatable bonds is 3. The van der Waals surface area contributed by atoms with Gasteiger partial charge in [0.2, 0.25) is 5.91 Å². The summed E-state index contributed by atoms with van der Waals surface area (Å²) in [5, 5.41) is 3.07. The van der Waals surface area contributed by atoms with Crippen molar-refractivity contribution in [3.05, 3.63) is 65.2 Å². The van der Waals surface area contributed by atoms with E-state index in [9.17, 15) is 9.59 Å². The first-order valence-electron chi connectivity index (χ1n) is 9.48. The summed E-state index contributed by atoms with van der Waals surface area (Å²) in [7, 11) is 0. The summed E-state index contributed by atoms with van der Waals surface area (Å²) < 4.78 is 0. The van der Waals surface area contributed by atoms with Crippen molar-refractivity contribution in [1.29, 1.82) is 0 Å². The van der Waals surface area contributed by atoms with Crippen LogP contribution in [0.2, 0.25) is 0 Å². The van der Waals surface area contributed by atoms with E-state index in [0.29, 0.717) is 6.54 Å². The van der Waals surface area contributed by atoms with Crippen molar-refractivity contribution in [2.24, 2.45) is 5.92 Å². The zero-order chi connectivity index (χ0) is 17.9. The lowest BCUT2D eigenvalue weighted by molar-refractivity contribution is -0.119. The minimum Gasteiger partial charge on any atom is -0.334 e. The van der Waals surface area contributed by atoms with Crippen LogP contribution in [0.5, 0.6) is 0 Å². The number of carbonyl (C=O) groups excluding carboxylic acids is 2. The molecule has 1 aliphatic heterocycles. The van der Waals surface area contributed by atoms with E-state index in [1.165, 1.54) is 5.56 Å². The maximum absolute atomic E-state index is 12.7. The Balaban J connectivity index is 1.47. The Morgan fingerprint density at radius 2 is 1.73 bits per heavy atom. The van der Waals surface area contributed by atoms with Crippen LogP contribution in [0.15, 0.2) is 48.5 Å². The molecule has 0 spiro atoms. The number of fused-ring (bicyclic) bond motifs is 1. The average Bonchev–Trinajstić information content (AvgIpc) is 3.22. The summed E-state index contributed by atoms with van der Waals surface area (Å²) >= 11 is 0. The number of amides is 2. The Hall–Kier alpha value is -2.62. The van der Waals surface area contributed by atoms with Crippen LogP contribution in [0.1, 0.15) is 47.2 Å². The first-order valence-corrected chi connectivity index (χ1v) is 9.48. The van der Waals surface area contributed by atoms with E-state index < -0.39 is 0 Å². The molecule has 134 valence electrons. The van der Waals surface area contributed by atoms with Crippen LogP contribution in [0.4, 0.5) is 5.69 Å². The van der Waals surface area contributed by atoms with E-state index in [4.69, 9.17) is 0 Å². The summed E-state index contributed by atoms with van der Waals surface area (Å²) in [5.74, 6) is 0.356. The summed E-state index contributed by atoms with van der Waals surface area (Å²) in [6.45, 7) is 1.32. The molecule has 26 heavy (non-hydrogen) atoms. The first-order chi connectivity index (χ1) is 12.7. The van der Waals surface area contributed by atoms with Gasteiger partial charge < -0.3 is 10.2 Å². The molecule has 0 unspecified atom stereocenters. The third kappa shape index (κ3) is 3.50. The second-order valence-electron chi connectivity index (χ2n) is 7.30. The highest BCUT2D eigenvalue weighted by atomic mass is 16.2. The van der Waals surface area contributed by atoms with Crippen molar-refractivity contribution in [2.75, 3.05) is 11.9 Å². The SMILES string of the molecule is O=C(Nc1ccc2c(c1)CN(C(=O)c1ccccc1)CC2)C1CCCC1.